The number of hydrogen-bond donors (Lipinski definition) is 1. The Morgan fingerprint density at radius 1 is 1.69 bits per heavy atom. The van der Waals surface area contributed by atoms with E-state index in [4.69, 9.17) is 5.11 Å². The number of aromatic nitrogens is 2. The molecule has 4 heteroatoms. The zero-order valence-corrected chi connectivity index (χ0v) is 9.81. The summed E-state index contributed by atoms with van der Waals surface area (Å²) in [7, 11) is 0. The molecular formula is C12H18N2O2. The largest absolute Gasteiger partial charge is 0.481 e. The average molecular weight is 222 g/mol. The van der Waals surface area contributed by atoms with Gasteiger partial charge in [-0.3, -0.25) is 9.48 Å². The Bertz CT molecular complexity index is 396. The van der Waals surface area contributed by atoms with Gasteiger partial charge in [0.1, 0.15) is 0 Å². The van der Waals surface area contributed by atoms with Crippen LogP contribution in [0.3, 0.4) is 0 Å². The van der Waals surface area contributed by atoms with Crippen LogP contribution >= 0.6 is 0 Å². The average Bonchev–Trinajstić information content (AvgIpc) is 2.60. The summed E-state index contributed by atoms with van der Waals surface area (Å²) in [6.45, 7) is 4.91. The molecule has 0 aromatic carbocycles. The van der Waals surface area contributed by atoms with Gasteiger partial charge in [-0.2, -0.15) is 5.10 Å². The molecule has 0 saturated carbocycles. The van der Waals surface area contributed by atoms with Gasteiger partial charge in [-0.15, -0.1) is 0 Å². The quantitative estimate of drug-likeness (QED) is 0.847. The summed E-state index contributed by atoms with van der Waals surface area (Å²) in [5.41, 5.74) is 2.53. The molecule has 0 radical (unpaired) electrons. The minimum absolute atomic E-state index is 0.265. The van der Waals surface area contributed by atoms with Crippen molar-refractivity contribution in [3.05, 3.63) is 17.5 Å². The maximum atomic E-state index is 10.9. The molecule has 1 unspecified atom stereocenters. The van der Waals surface area contributed by atoms with E-state index >= 15 is 0 Å². The van der Waals surface area contributed by atoms with E-state index in [0.717, 1.165) is 19.3 Å². The monoisotopic (exact) mass is 222 g/mol. The third-order valence-electron chi connectivity index (χ3n) is 3.14. The predicted molar refractivity (Wildman–Crippen MR) is 60.2 cm³/mol. The van der Waals surface area contributed by atoms with Crippen LogP contribution in [0, 0.1) is 11.8 Å². The van der Waals surface area contributed by atoms with E-state index in [0.29, 0.717) is 12.5 Å². The normalized spacial score (nSPS) is 19.8. The Labute approximate surface area is 95.3 Å². The molecular weight excluding hydrogens is 204 g/mol. The second-order valence-electron chi connectivity index (χ2n) is 4.97. The topological polar surface area (TPSA) is 55.1 Å². The number of aliphatic carboxylic acids is 1. The van der Waals surface area contributed by atoms with Gasteiger partial charge in [-0.25, -0.2) is 0 Å². The number of fused-ring (bicyclic) bond motifs is 1. The standard InChI is InChI=1S/C12H18N2O2/c1-8(2)5-10-6-13-14-7-9(12(15)16)3-4-11(10)14/h6,8-9H,3-5,7H2,1-2H3,(H,15,16). The summed E-state index contributed by atoms with van der Waals surface area (Å²) in [4.78, 5) is 10.9. The van der Waals surface area contributed by atoms with Gasteiger partial charge in [0.15, 0.2) is 0 Å². The Hall–Kier alpha value is -1.32. The van der Waals surface area contributed by atoms with Crippen LogP contribution in [0.4, 0.5) is 0 Å². The van der Waals surface area contributed by atoms with E-state index in [9.17, 15) is 4.79 Å². The van der Waals surface area contributed by atoms with E-state index in [2.05, 4.69) is 18.9 Å². The van der Waals surface area contributed by atoms with Crippen LogP contribution in [-0.2, 0) is 24.2 Å². The molecule has 0 spiro atoms. The first-order valence-electron chi connectivity index (χ1n) is 5.84. The number of rotatable bonds is 3. The van der Waals surface area contributed by atoms with Gasteiger partial charge < -0.3 is 5.11 Å². The minimum atomic E-state index is -0.702. The van der Waals surface area contributed by atoms with Crippen LogP contribution in [-0.4, -0.2) is 20.9 Å². The van der Waals surface area contributed by atoms with Gasteiger partial charge in [-0.05, 0) is 30.7 Å². The molecule has 1 aliphatic rings. The Morgan fingerprint density at radius 2 is 2.44 bits per heavy atom. The van der Waals surface area contributed by atoms with Gasteiger partial charge >= 0.3 is 5.97 Å². The number of carboxylic acids is 1. The van der Waals surface area contributed by atoms with Crippen LogP contribution in [0.25, 0.3) is 0 Å². The Morgan fingerprint density at radius 3 is 3.06 bits per heavy atom. The fraction of sp³-hybridized carbons (Fsp3) is 0.667. The van der Waals surface area contributed by atoms with Crippen LogP contribution in [0.2, 0.25) is 0 Å². The molecule has 2 heterocycles. The summed E-state index contributed by atoms with van der Waals surface area (Å²) in [6, 6.07) is 0. The van der Waals surface area contributed by atoms with Gasteiger partial charge in [0.2, 0.25) is 0 Å². The molecule has 0 fully saturated rings. The first kappa shape index (κ1) is 11.2. The van der Waals surface area contributed by atoms with E-state index in [1.165, 1.54) is 11.3 Å². The van der Waals surface area contributed by atoms with Gasteiger partial charge in [0.05, 0.1) is 18.7 Å². The molecule has 1 aliphatic heterocycles. The highest BCUT2D eigenvalue weighted by molar-refractivity contribution is 5.70. The van der Waals surface area contributed by atoms with Crippen molar-refractivity contribution in [2.45, 2.75) is 39.7 Å². The maximum Gasteiger partial charge on any atom is 0.308 e. The van der Waals surface area contributed by atoms with Crippen LogP contribution in [0.1, 0.15) is 31.5 Å². The molecule has 1 N–H and O–H groups in total. The van der Waals surface area contributed by atoms with E-state index in [-0.39, 0.29) is 5.92 Å². The molecule has 1 aromatic heterocycles. The molecule has 0 bridgehead atoms. The molecule has 0 amide bonds. The van der Waals surface area contributed by atoms with Gasteiger partial charge in [0, 0.05) is 5.69 Å². The summed E-state index contributed by atoms with van der Waals surface area (Å²) in [5, 5.41) is 13.3. The highest BCUT2D eigenvalue weighted by Crippen LogP contribution is 2.24. The zero-order chi connectivity index (χ0) is 11.7. The van der Waals surface area contributed by atoms with Crippen LogP contribution in [0.15, 0.2) is 6.20 Å². The number of hydrogen-bond acceptors (Lipinski definition) is 2. The molecule has 1 aromatic rings. The Kier molecular flexibility index (Phi) is 2.99. The highest BCUT2D eigenvalue weighted by atomic mass is 16.4. The lowest BCUT2D eigenvalue weighted by Gasteiger charge is -2.21. The van der Waals surface area contributed by atoms with Crippen molar-refractivity contribution in [2.24, 2.45) is 11.8 Å². The smallest absolute Gasteiger partial charge is 0.308 e. The molecule has 1 atom stereocenters. The Balaban J connectivity index is 2.17. The number of carbonyl (C=O) groups is 1. The number of nitrogens with zero attached hydrogens (tertiary/aromatic N) is 2. The van der Waals surface area contributed by atoms with Crippen LogP contribution in [0.5, 0.6) is 0 Å². The fourth-order valence-electron chi connectivity index (χ4n) is 2.32. The fourth-order valence-corrected chi connectivity index (χ4v) is 2.32. The van der Waals surface area contributed by atoms with Crippen molar-refractivity contribution in [2.75, 3.05) is 0 Å². The third-order valence-corrected chi connectivity index (χ3v) is 3.14. The first-order chi connectivity index (χ1) is 7.58. The molecule has 2 rings (SSSR count). The second-order valence-corrected chi connectivity index (χ2v) is 4.97. The summed E-state index contributed by atoms with van der Waals surface area (Å²) < 4.78 is 1.88. The summed E-state index contributed by atoms with van der Waals surface area (Å²) >= 11 is 0. The summed E-state index contributed by atoms with van der Waals surface area (Å²) in [6.07, 6.45) is 4.53. The van der Waals surface area contributed by atoms with Crippen LogP contribution < -0.4 is 0 Å². The van der Waals surface area contributed by atoms with Gasteiger partial charge in [-0.1, -0.05) is 13.8 Å². The van der Waals surface area contributed by atoms with Crippen molar-refractivity contribution in [3.63, 3.8) is 0 Å². The minimum Gasteiger partial charge on any atom is -0.481 e. The third kappa shape index (κ3) is 2.10. The zero-order valence-electron chi connectivity index (χ0n) is 9.81. The van der Waals surface area contributed by atoms with Crippen molar-refractivity contribution in [3.8, 4) is 0 Å². The highest BCUT2D eigenvalue weighted by Gasteiger charge is 2.26. The van der Waals surface area contributed by atoms with E-state index in [1.54, 1.807) is 0 Å². The second kappa shape index (κ2) is 4.28. The van der Waals surface area contributed by atoms with Crippen molar-refractivity contribution in [1.29, 1.82) is 0 Å². The van der Waals surface area contributed by atoms with Gasteiger partial charge in [0.25, 0.3) is 0 Å². The molecule has 88 valence electrons. The lowest BCUT2D eigenvalue weighted by molar-refractivity contribution is -0.142. The predicted octanol–water partition coefficient (Wildman–Crippen LogP) is 1.73. The van der Waals surface area contributed by atoms with E-state index in [1.807, 2.05) is 10.9 Å². The molecule has 0 aliphatic carbocycles. The first-order valence-corrected chi connectivity index (χ1v) is 5.84. The molecule has 4 nitrogen and oxygen atoms in total. The lowest BCUT2D eigenvalue weighted by Crippen LogP contribution is -2.27. The maximum absolute atomic E-state index is 10.9. The lowest BCUT2D eigenvalue weighted by atomic mass is 9.94. The van der Waals surface area contributed by atoms with Crippen molar-refractivity contribution in [1.82, 2.24) is 9.78 Å². The van der Waals surface area contributed by atoms with Crippen molar-refractivity contribution < 1.29 is 9.90 Å². The number of carboxylic acid groups (broad SMARTS) is 1. The summed E-state index contributed by atoms with van der Waals surface area (Å²) in [5.74, 6) is -0.350. The van der Waals surface area contributed by atoms with Crippen molar-refractivity contribution >= 4 is 5.97 Å². The molecule has 16 heavy (non-hydrogen) atoms. The molecule has 0 saturated heterocycles. The van der Waals surface area contributed by atoms with E-state index < -0.39 is 5.97 Å². The SMILES string of the molecule is CC(C)Cc1cnn2c1CCC(C(=O)O)C2.